The summed E-state index contributed by atoms with van der Waals surface area (Å²) in [6.45, 7) is 5.98. The summed E-state index contributed by atoms with van der Waals surface area (Å²) >= 11 is 0. The molecule has 0 bridgehead atoms. The standard InChI is InChI=1S/C15H18F5N/c1-3-7-21(8-4-2)9-5-6-10-11(16)13(18)15(20)14(19)12(10)17/h5-6H,3-4,7-9H2,1-2H3/b6-5+. The van der Waals surface area contributed by atoms with Crippen LogP contribution in [0.5, 0.6) is 0 Å². The summed E-state index contributed by atoms with van der Waals surface area (Å²) in [5.41, 5.74) is -0.903. The summed E-state index contributed by atoms with van der Waals surface area (Å²) in [5.74, 6) is -9.60. The molecule has 0 aliphatic carbocycles. The maximum absolute atomic E-state index is 13.4. The number of hydrogen-bond donors (Lipinski definition) is 0. The molecule has 1 nitrogen and oxygen atoms in total. The van der Waals surface area contributed by atoms with Crippen molar-refractivity contribution in [1.82, 2.24) is 4.90 Å². The van der Waals surface area contributed by atoms with Gasteiger partial charge in [0.15, 0.2) is 23.3 Å². The zero-order valence-electron chi connectivity index (χ0n) is 12.0. The van der Waals surface area contributed by atoms with E-state index in [9.17, 15) is 22.0 Å². The van der Waals surface area contributed by atoms with E-state index in [1.165, 1.54) is 6.08 Å². The molecule has 0 aliphatic heterocycles. The third-order valence-electron chi connectivity index (χ3n) is 2.97. The summed E-state index contributed by atoms with van der Waals surface area (Å²) in [6.07, 6.45) is 4.17. The normalized spacial score (nSPS) is 11.8. The van der Waals surface area contributed by atoms with Gasteiger partial charge in [0, 0.05) is 6.54 Å². The first kappa shape index (κ1) is 17.6. The molecule has 1 rings (SSSR count). The summed E-state index contributed by atoms with van der Waals surface area (Å²) < 4.78 is 65.8. The molecule has 0 heterocycles. The largest absolute Gasteiger partial charge is 0.300 e. The fourth-order valence-electron chi connectivity index (χ4n) is 2.01. The van der Waals surface area contributed by atoms with Crippen LogP contribution in [0.25, 0.3) is 6.08 Å². The van der Waals surface area contributed by atoms with Crippen molar-refractivity contribution in [3.05, 3.63) is 40.7 Å². The molecule has 0 fully saturated rings. The Morgan fingerprint density at radius 1 is 0.762 bits per heavy atom. The first-order valence-corrected chi connectivity index (χ1v) is 6.84. The van der Waals surface area contributed by atoms with Crippen molar-refractivity contribution >= 4 is 6.08 Å². The first-order valence-electron chi connectivity index (χ1n) is 6.84. The lowest BCUT2D eigenvalue weighted by Gasteiger charge is -2.18. The number of hydrogen-bond acceptors (Lipinski definition) is 1. The Balaban J connectivity index is 2.95. The molecule has 0 amide bonds. The minimum Gasteiger partial charge on any atom is -0.300 e. The van der Waals surface area contributed by atoms with Crippen molar-refractivity contribution < 1.29 is 22.0 Å². The molecule has 1 aromatic carbocycles. The van der Waals surface area contributed by atoms with E-state index in [4.69, 9.17) is 0 Å². The second-order valence-electron chi connectivity index (χ2n) is 4.69. The van der Waals surface area contributed by atoms with Gasteiger partial charge in [0.05, 0.1) is 5.56 Å². The highest BCUT2D eigenvalue weighted by atomic mass is 19.2. The van der Waals surface area contributed by atoms with Crippen LogP contribution in [0.2, 0.25) is 0 Å². The smallest absolute Gasteiger partial charge is 0.200 e. The van der Waals surface area contributed by atoms with Crippen LogP contribution in [0.15, 0.2) is 6.08 Å². The van der Waals surface area contributed by atoms with Crippen LogP contribution in [0.4, 0.5) is 22.0 Å². The van der Waals surface area contributed by atoms with Crippen molar-refractivity contribution in [3.63, 3.8) is 0 Å². The van der Waals surface area contributed by atoms with E-state index in [1.807, 2.05) is 18.7 Å². The summed E-state index contributed by atoms with van der Waals surface area (Å²) in [4.78, 5) is 2.03. The molecule has 0 radical (unpaired) electrons. The second kappa shape index (κ2) is 8.12. The maximum Gasteiger partial charge on any atom is 0.200 e. The minimum absolute atomic E-state index is 0.390. The molecule has 0 saturated carbocycles. The van der Waals surface area contributed by atoms with Crippen LogP contribution < -0.4 is 0 Å². The fourth-order valence-corrected chi connectivity index (χ4v) is 2.01. The van der Waals surface area contributed by atoms with Crippen LogP contribution >= 0.6 is 0 Å². The van der Waals surface area contributed by atoms with Crippen LogP contribution in [0.3, 0.4) is 0 Å². The molecule has 118 valence electrons. The van der Waals surface area contributed by atoms with Gasteiger partial charge in [0.25, 0.3) is 0 Å². The lowest BCUT2D eigenvalue weighted by molar-refractivity contribution is 0.304. The first-order chi connectivity index (χ1) is 9.93. The summed E-state index contributed by atoms with van der Waals surface area (Å²) in [7, 11) is 0. The Bertz CT molecular complexity index is 478. The van der Waals surface area contributed by atoms with Crippen molar-refractivity contribution in [2.24, 2.45) is 0 Å². The number of halogens is 5. The Morgan fingerprint density at radius 2 is 1.19 bits per heavy atom. The van der Waals surface area contributed by atoms with E-state index in [2.05, 4.69) is 0 Å². The lowest BCUT2D eigenvalue weighted by atomic mass is 10.1. The molecule has 1 aromatic rings. The molecule has 21 heavy (non-hydrogen) atoms. The maximum atomic E-state index is 13.4. The molecule has 0 saturated heterocycles. The predicted molar refractivity (Wildman–Crippen MR) is 72.3 cm³/mol. The zero-order chi connectivity index (χ0) is 16.0. The molecule has 0 aliphatic rings. The van der Waals surface area contributed by atoms with Crippen LogP contribution in [-0.2, 0) is 0 Å². The van der Waals surface area contributed by atoms with Gasteiger partial charge in [0.2, 0.25) is 5.82 Å². The van der Waals surface area contributed by atoms with E-state index in [1.54, 1.807) is 0 Å². The van der Waals surface area contributed by atoms with Gasteiger partial charge < -0.3 is 0 Å². The zero-order valence-corrected chi connectivity index (χ0v) is 12.0. The molecule has 0 N–H and O–H groups in total. The van der Waals surface area contributed by atoms with E-state index in [0.29, 0.717) is 6.54 Å². The Morgan fingerprint density at radius 3 is 1.62 bits per heavy atom. The Hall–Kier alpha value is -1.43. The van der Waals surface area contributed by atoms with Crippen LogP contribution in [0, 0.1) is 29.1 Å². The van der Waals surface area contributed by atoms with Gasteiger partial charge in [-0.3, -0.25) is 4.90 Å². The van der Waals surface area contributed by atoms with Crippen LogP contribution in [-0.4, -0.2) is 24.5 Å². The highest BCUT2D eigenvalue weighted by molar-refractivity contribution is 5.51. The van der Waals surface area contributed by atoms with Gasteiger partial charge in [-0.25, -0.2) is 22.0 Å². The van der Waals surface area contributed by atoms with E-state index < -0.39 is 34.6 Å². The fraction of sp³-hybridized carbons (Fsp3) is 0.467. The average molecular weight is 307 g/mol. The molecule has 0 spiro atoms. The van der Waals surface area contributed by atoms with Gasteiger partial charge in [-0.2, -0.15) is 0 Å². The average Bonchev–Trinajstić information content (AvgIpc) is 2.47. The van der Waals surface area contributed by atoms with Crippen molar-refractivity contribution in [1.29, 1.82) is 0 Å². The van der Waals surface area contributed by atoms with E-state index in [-0.39, 0.29) is 0 Å². The minimum atomic E-state index is -2.14. The third kappa shape index (κ3) is 4.27. The number of benzene rings is 1. The summed E-state index contributed by atoms with van der Waals surface area (Å²) in [5, 5.41) is 0. The summed E-state index contributed by atoms with van der Waals surface area (Å²) in [6, 6.07) is 0. The van der Waals surface area contributed by atoms with Gasteiger partial charge >= 0.3 is 0 Å². The highest BCUT2D eigenvalue weighted by Crippen LogP contribution is 2.23. The number of nitrogens with zero attached hydrogens (tertiary/aromatic N) is 1. The van der Waals surface area contributed by atoms with E-state index >= 15 is 0 Å². The van der Waals surface area contributed by atoms with Gasteiger partial charge in [-0.15, -0.1) is 0 Å². The van der Waals surface area contributed by atoms with Crippen molar-refractivity contribution in [3.8, 4) is 0 Å². The number of rotatable bonds is 7. The molecule has 0 atom stereocenters. The quantitative estimate of drug-likeness (QED) is 0.407. The van der Waals surface area contributed by atoms with Crippen molar-refractivity contribution in [2.45, 2.75) is 26.7 Å². The predicted octanol–water partition coefficient (Wildman–Crippen LogP) is 4.52. The monoisotopic (exact) mass is 307 g/mol. The van der Waals surface area contributed by atoms with Gasteiger partial charge in [0.1, 0.15) is 0 Å². The highest BCUT2D eigenvalue weighted by Gasteiger charge is 2.24. The van der Waals surface area contributed by atoms with Gasteiger partial charge in [-0.1, -0.05) is 26.0 Å². The van der Waals surface area contributed by atoms with E-state index in [0.717, 1.165) is 32.0 Å². The SMILES string of the molecule is CCCN(C/C=C/c1c(F)c(F)c(F)c(F)c1F)CCC. The molecular weight excluding hydrogens is 289 g/mol. The molecular formula is C15H18F5N. The van der Waals surface area contributed by atoms with Crippen molar-refractivity contribution in [2.75, 3.05) is 19.6 Å². The Kier molecular flexibility index (Phi) is 6.81. The topological polar surface area (TPSA) is 3.24 Å². The lowest BCUT2D eigenvalue weighted by Crippen LogP contribution is -2.25. The third-order valence-corrected chi connectivity index (χ3v) is 2.97. The second-order valence-corrected chi connectivity index (χ2v) is 4.69. The molecule has 6 heteroatoms. The van der Waals surface area contributed by atoms with Crippen LogP contribution in [0.1, 0.15) is 32.3 Å². The molecule has 0 unspecified atom stereocenters. The van der Waals surface area contributed by atoms with Gasteiger partial charge in [-0.05, 0) is 25.9 Å². The Labute approximate surface area is 121 Å². The molecule has 0 aromatic heterocycles.